The van der Waals surface area contributed by atoms with E-state index in [9.17, 15) is 9.59 Å². The molecular weight excluding hydrogens is 298 g/mol. The number of benzene rings is 1. The van der Waals surface area contributed by atoms with E-state index < -0.39 is 12.0 Å². The van der Waals surface area contributed by atoms with Gasteiger partial charge in [0.05, 0.1) is 12.8 Å². The molecular formula is C15H19N5O3. The molecule has 0 spiro atoms. The number of rotatable bonds is 6. The molecule has 1 aromatic heterocycles. The average molecular weight is 317 g/mol. The maximum atomic E-state index is 12.4. The topological polar surface area (TPSA) is 99.0 Å². The lowest BCUT2D eigenvalue weighted by Gasteiger charge is -2.18. The summed E-state index contributed by atoms with van der Waals surface area (Å²) in [4.78, 5) is 24.2. The summed E-state index contributed by atoms with van der Waals surface area (Å²) >= 11 is 0. The molecule has 1 aromatic carbocycles. The molecule has 2 rings (SSSR count). The molecule has 23 heavy (non-hydrogen) atoms. The third kappa shape index (κ3) is 4.35. The Morgan fingerprint density at radius 2 is 2.13 bits per heavy atom. The largest absolute Gasteiger partial charge is 0.467 e. The predicted molar refractivity (Wildman–Crippen MR) is 81.9 cm³/mol. The summed E-state index contributed by atoms with van der Waals surface area (Å²) in [5.74, 6) is -0.563. The van der Waals surface area contributed by atoms with Crippen molar-refractivity contribution in [2.45, 2.75) is 26.3 Å². The molecule has 2 aromatic rings. The van der Waals surface area contributed by atoms with Crippen LogP contribution in [-0.2, 0) is 9.53 Å². The van der Waals surface area contributed by atoms with Gasteiger partial charge in [0.15, 0.2) is 0 Å². The fourth-order valence-corrected chi connectivity index (χ4v) is 2.14. The highest BCUT2D eigenvalue weighted by atomic mass is 16.5. The molecule has 0 saturated carbocycles. The summed E-state index contributed by atoms with van der Waals surface area (Å²) in [7, 11) is 1.31. The smallest absolute Gasteiger partial charge is 0.328 e. The third-order valence-corrected chi connectivity index (χ3v) is 3.22. The highest BCUT2D eigenvalue weighted by molar-refractivity contribution is 5.97. The molecule has 1 N–H and O–H groups in total. The Balaban J connectivity index is 2.16. The van der Waals surface area contributed by atoms with Crippen LogP contribution < -0.4 is 5.32 Å². The number of nitrogens with one attached hydrogen (secondary N) is 1. The van der Waals surface area contributed by atoms with E-state index >= 15 is 0 Å². The molecule has 0 aliphatic carbocycles. The van der Waals surface area contributed by atoms with Crippen molar-refractivity contribution in [3.63, 3.8) is 0 Å². The van der Waals surface area contributed by atoms with Gasteiger partial charge in [-0.05, 0) is 41.0 Å². The van der Waals surface area contributed by atoms with Crippen molar-refractivity contribution in [3.8, 4) is 5.69 Å². The predicted octanol–water partition coefficient (Wildman–Crippen LogP) is 0.980. The van der Waals surface area contributed by atoms with Crippen molar-refractivity contribution in [2.75, 3.05) is 7.11 Å². The molecule has 0 saturated heterocycles. The monoisotopic (exact) mass is 317 g/mol. The van der Waals surface area contributed by atoms with Gasteiger partial charge in [-0.2, -0.15) is 0 Å². The Labute approximate surface area is 133 Å². The van der Waals surface area contributed by atoms with Crippen LogP contribution in [0.1, 0.15) is 30.6 Å². The van der Waals surface area contributed by atoms with Crippen molar-refractivity contribution in [2.24, 2.45) is 5.92 Å². The normalized spacial score (nSPS) is 12.0. The molecule has 0 fully saturated rings. The number of tetrazole rings is 1. The Morgan fingerprint density at radius 3 is 2.74 bits per heavy atom. The molecule has 0 aliphatic heterocycles. The number of methoxy groups -OCH3 is 1. The maximum absolute atomic E-state index is 12.4. The number of ether oxygens (including phenoxy) is 1. The van der Waals surface area contributed by atoms with Crippen molar-refractivity contribution in [3.05, 3.63) is 36.2 Å². The van der Waals surface area contributed by atoms with Crippen LogP contribution in [-0.4, -0.2) is 45.2 Å². The number of aromatic nitrogens is 4. The van der Waals surface area contributed by atoms with Crippen molar-refractivity contribution in [1.29, 1.82) is 0 Å². The fourth-order valence-electron chi connectivity index (χ4n) is 2.14. The first-order valence-electron chi connectivity index (χ1n) is 7.23. The van der Waals surface area contributed by atoms with Gasteiger partial charge in [-0.15, -0.1) is 5.10 Å². The van der Waals surface area contributed by atoms with E-state index in [1.165, 1.54) is 18.1 Å². The second-order valence-corrected chi connectivity index (χ2v) is 5.48. The Morgan fingerprint density at radius 1 is 1.35 bits per heavy atom. The van der Waals surface area contributed by atoms with E-state index in [0.29, 0.717) is 17.7 Å². The van der Waals surface area contributed by atoms with Crippen LogP contribution in [0.15, 0.2) is 30.6 Å². The van der Waals surface area contributed by atoms with Crippen LogP contribution in [0.2, 0.25) is 0 Å². The molecule has 0 bridgehead atoms. The van der Waals surface area contributed by atoms with Crippen LogP contribution in [0.4, 0.5) is 0 Å². The van der Waals surface area contributed by atoms with Crippen molar-refractivity contribution >= 4 is 11.9 Å². The molecule has 0 aliphatic rings. The van der Waals surface area contributed by atoms with Crippen LogP contribution in [0.3, 0.4) is 0 Å². The average Bonchev–Trinajstić information content (AvgIpc) is 3.07. The zero-order chi connectivity index (χ0) is 16.8. The summed E-state index contributed by atoms with van der Waals surface area (Å²) in [5.41, 5.74) is 1.07. The molecule has 1 amide bonds. The summed E-state index contributed by atoms with van der Waals surface area (Å²) < 4.78 is 6.20. The van der Waals surface area contributed by atoms with Crippen molar-refractivity contribution < 1.29 is 14.3 Å². The lowest BCUT2D eigenvalue weighted by molar-refractivity contribution is -0.143. The van der Waals surface area contributed by atoms with E-state index in [-0.39, 0.29) is 11.8 Å². The lowest BCUT2D eigenvalue weighted by Crippen LogP contribution is -2.42. The Kier molecular flexibility index (Phi) is 5.40. The zero-order valence-electron chi connectivity index (χ0n) is 13.3. The molecule has 1 unspecified atom stereocenters. The van der Waals surface area contributed by atoms with Crippen LogP contribution in [0, 0.1) is 5.92 Å². The number of carbonyl (C=O) groups is 2. The number of hydrogen-bond donors (Lipinski definition) is 1. The minimum Gasteiger partial charge on any atom is -0.467 e. The van der Waals surface area contributed by atoms with Gasteiger partial charge in [0.1, 0.15) is 12.4 Å². The highest BCUT2D eigenvalue weighted by Gasteiger charge is 2.23. The van der Waals surface area contributed by atoms with Gasteiger partial charge in [-0.1, -0.05) is 19.9 Å². The van der Waals surface area contributed by atoms with Crippen molar-refractivity contribution in [1.82, 2.24) is 25.5 Å². The number of hydrogen-bond acceptors (Lipinski definition) is 6. The standard InChI is InChI=1S/C15H19N5O3/c1-10(2)7-13(15(22)23-3)17-14(21)11-5-4-6-12(8-11)20-9-16-18-19-20/h4-6,8-10,13H,7H2,1-3H3,(H,17,21). The first-order chi connectivity index (χ1) is 11.0. The third-order valence-electron chi connectivity index (χ3n) is 3.22. The first kappa shape index (κ1) is 16.6. The summed E-state index contributed by atoms with van der Waals surface area (Å²) in [6.07, 6.45) is 1.94. The second kappa shape index (κ2) is 7.48. The fraction of sp³-hybridized carbons (Fsp3) is 0.400. The minimum atomic E-state index is -0.677. The van der Waals surface area contributed by atoms with Crippen LogP contribution >= 0.6 is 0 Å². The molecule has 122 valence electrons. The van der Waals surface area contributed by atoms with Gasteiger partial charge < -0.3 is 10.1 Å². The number of esters is 1. The summed E-state index contributed by atoms with van der Waals surface area (Å²) in [5, 5.41) is 13.6. The Hall–Kier alpha value is -2.77. The lowest BCUT2D eigenvalue weighted by atomic mass is 10.0. The van der Waals surface area contributed by atoms with Gasteiger partial charge in [0.25, 0.3) is 5.91 Å². The van der Waals surface area contributed by atoms with E-state index in [2.05, 4.69) is 20.8 Å². The summed E-state index contributed by atoms with van der Waals surface area (Å²) in [6.45, 7) is 3.95. The van der Waals surface area contributed by atoms with E-state index in [4.69, 9.17) is 4.74 Å². The summed E-state index contributed by atoms with van der Waals surface area (Å²) in [6, 6.07) is 6.13. The molecule has 8 heteroatoms. The van der Waals surface area contributed by atoms with Gasteiger partial charge >= 0.3 is 5.97 Å². The molecule has 8 nitrogen and oxygen atoms in total. The number of nitrogens with zero attached hydrogens (tertiary/aromatic N) is 4. The van der Waals surface area contributed by atoms with Gasteiger partial charge in [-0.25, -0.2) is 9.48 Å². The van der Waals surface area contributed by atoms with E-state index in [0.717, 1.165) is 0 Å². The van der Waals surface area contributed by atoms with E-state index in [1.54, 1.807) is 24.3 Å². The molecule has 0 radical (unpaired) electrons. The molecule has 1 atom stereocenters. The van der Waals surface area contributed by atoms with Gasteiger partial charge in [0, 0.05) is 5.56 Å². The number of amides is 1. The maximum Gasteiger partial charge on any atom is 0.328 e. The van der Waals surface area contributed by atoms with Gasteiger partial charge in [-0.3, -0.25) is 4.79 Å². The van der Waals surface area contributed by atoms with Crippen LogP contribution in [0.25, 0.3) is 5.69 Å². The van der Waals surface area contributed by atoms with Gasteiger partial charge in [0.2, 0.25) is 0 Å². The highest BCUT2D eigenvalue weighted by Crippen LogP contribution is 2.11. The quantitative estimate of drug-likeness (QED) is 0.797. The minimum absolute atomic E-state index is 0.243. The zero-order valence-corrected chi connectivity index (χ0v) is 13.3. The van der Waals surface area contributed by atoms with E-state index in [1.807, 2.05) is 13.8 Å². The van der Waals surface area contributed by atoms with Crippen LogP contribution in [0.5, 0.6) is 0 Å². The number of carbonyl (C=O) groups excluding carboxylic acids is 2. The SMILES string of the molecule is COC(=O)C(CC(C)C)NC(=O)c1cccc(-n2cnnn2)c1. The molecule has 1 heterocycles. The second-order valence-electron chi connectivity index (χ2n) is 5.48. The first-order valence-corrected chi connectivity index (χ1v) is 7.23. The Bertz CT molecular complexity index is 670.